The van der Waals surface area contributed by atoms with Gasteiger partial charge in [0.1, 0.15) is 0 Å². The number of amides is 1. The second-order valence-electron chi connectivity index (χ2n) is 5.50. The minimum atomic E-state index is 0.168. The Labute approximate surface area is 120 Å². The van der Waals surface area contributed by atoms with Gasteiger partial charge in [-0.05, 0) is 51.7 Å². The molecular weight excluding hydrogens is 258 g/mol. The van der Waals surface area contributed by atoms with Gasteiger partial charge in [0.15, 0.2) is 0 Å². The maximum Gasteiger partial charge on any atom is 0.254 e. The molecule has 0 spiro atoms. The largest absolute Gasteiger partial charge is 0.336 e. The Morgan fingerprint density at radius 2 is 1.89 bits per heavy atom. The van der Waals surface area contributed by atoms with E-state index in [-0.39, 0.29) is 5.91 Å². The van der Waals surface area contributed by atoms with Crippen molar-refractivity contribution in [2.75, 3.05) is 12.4 Å². The zero-order chi connectivity index (χ0) is 13.8. The SMILES string of the molecule is Cc1cc(C)cc(C(=O)N(CCCCl)C2CCC2)c1. The van der Waals surface area contributed by atoms with Crippen LogP contribution in [-0.2, 0) is 0 Å². The van der Waals surface area contributed by atoms with Crippen LogP contribution in [0.3, 0.4) is 0 Å². The molecule has 0 saturated heterocycles. The van der Waals surface area contributed by atoms with E-state index < -0.39 is 0 Å². The average Bonchev–Trinajstić information content (AvgIpc) is 2.29. The summed E-state index contributed by atoms with van der Waals surface area (Å²) in [5.41, 5.74) is 3.11. The number of halogens is 1. The highest BCUT2D eigenvalue weighted by Crippen LogP contribution is 2.27. The lowest BCUT2D eigenvalue weighted by atomic mass is 9.90. The summed E-state index contributed by atoms with van der Waals surface area (Å²) in [7, 11) is 0. The van der Waals surface area contributed by atoms with Crippen LogP contribution in [0.1, 0.15) is 47.2 Å². The van der Waals surface area contributed by atoms with Crippen molar-refractivity contribution in [3.05, 3.63) is 34.9 Å². The highest BCUT2D eigenvalue weighted by Gasteiger charge is 2.29. The lowest BCUT2D eigenvalue weighted by molar-refractivity contribution is 0.0580. The predicted molar refractivity (Wildman–Crippen MR) is 79.9 cm³/mol. The van der Waals surface area contributed by atoms with Gasteiger partial charge >= 0.3 is 0 Å². The molecule has 19 heavy (non-hydrogen) atoms. The van der Waals surface area contributed by atoms with E-state index in [0.29, 0.717) is 11.9 Å². The molecule has 0 aliphatic heterocycles. The van der Waals surface area contributed by atoms with Crippen molar-refractivity contribution >= 4 is 17.5 Å². The molecule has 2 rings (SSSR count). The number of carbonyl (C=O) groups is 1. The standard InChI is InChI=1S/C16H22ClNO/c1-12-9-13(2)11-14(10-12)16(19)18(8-4-7-17)15-5-3-6-15/h9-11,15H,3-8H2,1-2H3. The highest BCUT2D eigenvalue weighted by atomic mass is 35.5. The normalized spacial score (nSPS) is 15.1. The van der Waals surface area contributed by atoms with Crippen molar-refractivity contribution in [1.29, 1.82) is 0 Å². The van der Waals surface area contributed by atoms with Gasteiger partial charge in [-0.15, -0.1) is 11.6 Å². The van der Waals surface area contributed by atoms with Crippen molar-refractivity contribution in [3.8, 4) is 0 Å². The number of alkyl halides is 1. The highest BCUT2D eigenvalue weighted by molar-refractivity contribution is 6.17. The van der Waals surface area contributed by atoms with Crippen LogP contribution in [0.15, 0.2) is 18.2 Å². The van der Waals surface area contributed by atoms with E-state index in [1.807, 2.05) is 30.9 Å². The molecule has 0 aromatic heterocycles. The molecule has 0 radical (unpaired) electrons. The summed E-state index contributed by atoms with van der Waals surface area (Å²) < 4.78 is 0. The summed E-state index contributed by atoms with van der Waals surface area (Å²) in [6.07, 6.45) is 4.38. The number of rotatable bonds is 5. The lowest BCUT2D eigenvalue weighted by Gasteiger charge is -2.37. The summed E-state index contributed by atoms with van der Waals surface area (Å²) in [6, 6.07) is 6.50. The summed E-state index contributed by atoms with van der Waals surface area (Å²) in [5.74, 6) is 0.783. The third-order valence-electron chi connectivity index (χ3n) is 3.78. The van der Waals surface area contributed by atoms with Crippen LogP contribution in [0.5, 0.6) is 0 Å². The summed E-state index contributed by atoms with van der Waals surface area (Å²) in [5, 5.41) is 0. The fraction of sp³-hybridized carbons (Fsp3) is 0.562. The van der Waals surface area contributed by atoms with E-state index >= 15 is 0 Å². The van der Waals surface area contributed by atoms with E-state index in [1.54, 1.807) is 0 Å². The molecule has 104 valence electrons. The Bertz CT molecular complexity index is 434. The van der Waals surface area contributed by atoms with Crippen LogP contribution in [0.2, 0.25) is 0 Å². The number of nitrogens with zero attached hydrogens (tertiary/aromatic N) is 1. The van der Waals surface area contributed by atoms with Crippen LogP contribution >= 0.6 is 11.6 Å². The second kappa shape index (κ2) is 6.42. The summed E-state index contributed by atoms with van der Waals surface area (Å²) in [4.78, 5) is 14.7. The molecule has 1 aromatic carbocycles. The van der Waals surface area contributed by atoms with Gasteiger partial charge in [0, 0.05) is 24.0 Å². The Kier molecular flexibility index (Phi) is 4.87. The fourth-order valence-corrected chi connectivity index (χ4v) is 2.76. The molecule has 1 aromatic rings. The Morgan fingerprint density at radius 3 is 2.37 bits per heavy atom. The minimum absolute atomic E-state index is 0.168. The number of hydrogen-bond donors (Lipinski definition) is 0. The molecule has 0 heterocycles. The van der Waals surface area contributed by atoms with Gasteiger partial charge in [0.05, 0.1) is 0 Å². The number of carbonyl (C=O) groups excluding carboxylic acids is 1. The zero-order valence-electron chi connectivity index (χ0n) is 11.8. The molecular formula is C16H22ClNO. The maximum atomic E-state index is 12.7. The molecule has 1 aliphatic carbocycles. The van der Waals surface area contributed by atoms with Gasteiger partial charge < -0.3 is 4.90 Å². The van der Waals surface area contributed by atoms with E-state index in [0.717, 1.165) is 42.5 Å². The molecule has 3 heteroatoms. The zero-order valence-corrected chi connectivity index (χ0v) is 12.5. The van der Waals surface area contributed by atoms with Crippen LogP contribution < -0.4 is 0 Å². The Hall–Kier alpha value is -1.02. The molecule has 0 atom stereocenters. The Balaban J connectivity index is 2.17. The second-order valence-corrected chi connectivity index (χ2v) is 5.88. The van der Waals surface area contributed by atoms with Gasteiger partial charge in [-0.1, -0.05) is 17.2 Å². The predicted octanol–water partition coefficient (Wildman–Crippen LogP) is 3.93. The van der Waals surface area contributed by atoms with Crippen molar-refractivity contribution < 1.29 is 4.79 Å². The van der Waals surface area contributed by atoms with Crippen molar-refractivity contribution in [1.82, 2.24) is 4.90 Å². The Morgan fingerprint density at radius 1 is 1.26 bits per heavy atom. The molecule has 1 fully saturated rings. The van der Waals surface area contributed by atoms with E-state index in [9.17, 15) is 4.79 Å². The first-order valence-electron chi connectivity index (χ1n) is 7.07. The van der Waals surface area contributed by atoms with Crippen molar-refractivity contribution in [2.24, 2.45) is 0 Å². The average molecular weight is 280 g/mol. The first kappa shape index (κ1) is 14.4. The van der Waals surface area contributed by atoms with Crippen LogP contribution in [0.4, 0.5) is 0 Å². The number of aryl methyl sites for hydroxylation is 2. The smallest absolute Gasteiger partial charge is 0.254 e. The topological polar surface area (TPSA) is 20.3 Å². The summed E-state index contributed by atoms with van der Waals surface area (Å²) >= 11 is 5.77. The van der Waals surface area contributed by atoms with Gasteiger partial charge in [0.2, 0.25) is 0 Å². The first-order chi connectivity index (χ1) is 9.11. The molecule has 0 N–H and O–H groups in total. The first-order valence-corrected chi connectivity index (χ1v) is 7.60. The lowest BCUT2D eigenvalue weighted by Crippen LogP contribution is -2.44. The molecule has 1 aliphatic rings. The molecule has 1 saturated carbocycles. The van der Waals surface area contributed by atoms with Gasteiger partial charge in [-0.2, -0.15) is 0 Å². The van der Waals surface area contributed by atoms with E-state index in [4.69, 9.17) is 11.6 Å². The number of hydrogen-bond acceptors (Lipinski definition) is 1. The van der Waals surface area contributed by atoms with Crippen LogP contribution in [0, 0.1) is 13.8 Å². The number of benzene rings is 1. The van der Waals surface area contributed by atoms with Gasteiger partial charge in [-0.25, -0.2) is 0 Å². The minimum Gasteiger partial charge on any atom is -0.336 e. The van der Waals surface area contributed by atoms with E-state index in [2.05, 4.69) is 6.07 Å². The molecule has 2 nitrogen and oxygen atoms in total. The monoisotopic (exact) mass is 279 g/mol. The summed E-state index contributed by atoms with van der Waals surface area (Å²) in [6.45, 7) is 4.85. The maximum absolute atomic E-state index is 12.7. The quantitative estimate of drug-likeness (QED) is 0.748. The van der Waals surface area contributed by atoms with Gasteiger partial charge in [-0.3, -0.25) is 4.79 Å². The molecule has 0 bridgehead atoms. The van der Waals surface area contributed by atoms with Gasteiger partial charge in [0.25, 0.3) is 5.91 Å². The van der Waals surface area contributed by atoms with Crippen molar-refractivity contribution in [3.63, 3.8) is 0 Å². The van der Waals surface area contributed by atoms with Crippen LogP contribution in [-0.4, -0.2) is 29.3 Å². The molecule has 1 amide bonds. The van der Waals surface area contributed by atoms with Crippen LogP contribution in [0.25, 0.3) is 0 Å². The van der Waals surface area contributed by atoms with Crippen molar-refractivity contribution in [2.45, 2.75) is 45.6 Å². The molecule has 0 unspecified atom stereocenters. The third-order valence-corrected chi connectivity index (χ3v) is 4.04. The van der Waals surface area contributed by atoms with E-state index in [1.165, 1.54) is 6.42 Å². The third kappa shape index (κ3) is 3.50. The fourth-order valence-electron chi connectivity index (χ4n) is 2.64.